The van der Waals surface area contributed by atoms with Crippen molar-refractivity contribution in [1.29, 1.82) is 0 Å². The van der Waals surface area contributed by atoms with Crippen molar-refractivity contribution < 1.29 is 29.0 Å². The third-order valence-electron chi connectivity index (χ3n) is 3.83. The van der Waals surface area contributed by atoms with Crippen molar-refractivity contribution >= 4 is 29.4 Å². The Morgan fingerprint density at radius 2 is 1.69 bits per heavy atom. The van der Waals surface area contributed by atoms with E-state index < -0.39 is 30.3 Å². The highest BCUT2D eigenvalue weighted by atomic mass is 16.5. The third kappa shape index (κ3) is 3.25. The minimum atomic E-state index is -1.09. The van der Waals surface area contributed by atoms with E-state index in [0.717, 1.165) is 4.90 Å². The molecule has 0 radical (unpaired) electrons. The maximum absolute atomic E-state index is 12.4. The molecule has 3 rings (SSSR count). The number of carbonyl (C=O) groups is 4. The number of nitrogens with one attached hydrogen (secondary N) is 1. The molecule has 0 aromatic heterocycles. The van der Waals surface area contributed by atoms with Gasteiger partial charge >= 0.3 is 5.97 Å². The van der Waals surface area contributed by atoms with Crippen LogP contribution in [0.4, 0.5) is 5.69 Å². The van der Waals surface area contributed by atoms with Gasteiger partial charge in [0.25, 0.3) is 17.7 Å². The zero-order valence-electron chi connectivity index (χ0n) is 13.7. The summed E-state index contributed by atoms with van der Waals surface area (Å²) in [6.07, 6.45) is 0. The SMILES string of the molecule is CN1C(=O)c2ccc(C(=O)Nc3ccc(OCC(=O)O)cc3)cc2C1=O. The van der Waals surface area contributed by atoms with E-state index in [-0.39, 0.29) is 16.7 Å². The lowest BCUT2D eigenvalue weighted by Crippen LogP contribution is -2.24. The monoisotopic (exact) mass is 354 g/mol. The summed E-state index contributed by atoms with van der Waals surface area (Å²) < 4.78 is 5.01. The Balaban J connectivity index is 1.72. The van der Waals surface area contributed by atoms with Gasteiger partial charge in [-0.25, -0.2) is 4.79 Å². The molecule has 2 aromatic rings. The summed E-state index contributed by atoms with van der Waals surface area (Å²) in [7, 11) is 1.39. The summed E-state index contributed by atoms with van der Waals surface area (Å²) in [6, 6.07) is 10.5. The first-order valence-corrected chi connectivity index (χ1v) is 7.59. The Bertz CT molecular complexity index is 920. The van der Waals surface area contributed by atoms with Crippen LogP contribution in [0.3, 0.4) is 0 Å². The predicted octanol–water partition coefficient (Wildman–Crippen LogP) is 1.63. The van der Waals surface area contributed by atoms with Crippen LogP contribution in [-0.2, 0) is 4.79 Å². The number of carboxylic acids is 1. The largest absolute Gasteiger partial charge is 0.482 e. The molecular formula is C18H14N2O6. The number of ether oxygens (including phenoxy) is 1. The first-order chi connectivity index (χ1) is 12.4. The van der Waals surface area contributed by atoms with E-state index in [1.807, 2.05) is 0 Å². The molecule has 0 unspecified atom stereocenters. The molecule has 0 bridgehead atoms. The van der Waals surface area contributed by atoms with Crippen LogP contribution in [0.15, 0.2) is 42.5 Å². The molecule has 26 heavy (non-hydrogen) atoms. The van der Waals surface area contributed by atoms with E-state index in [4.69, 9.17) is 9.84 Å². The van der Waals surface area contributed by atoms with Gasteiger partial charge in [-0.15, -0.1) is 0 Å². The second-order valence-electron chi connectivity index (χ2n) is 5.59. The number of hydrogen-bond acceptors (Lipinski definition) is 5. The number of carboxylic acid groups (broad SMARTS) is 1. The topological polar surface area (TPSA) is 113 Å². The molecule has 2 aromatic carbocycles. The first-order valence-electron chi connectivity index (χ1n) is 7.59. The molecule has 1 aliphatic heterocycles. The van der Waals surface area contributed by atoms with Gasteiger partial charge in [-0.3, -0.25) is 19.3 Å². The quantitative estimate of drug-likeness (QED) is 0.789. The Morgan fingerprint density at radius 1 is 1.04 bits per heavy atom. The number of amides is 3. The minimum absolute atomic E-state index is 0.197. The van der Waals surface area contributed by atoms with E-state index in [2.05, 4.69) is 5.32 Å². The molecule has 2 N–H and O–H groups in total. The Kier molecular flexibility index (Phi) is 4.40. The third-order valence-corrected chi connectivity index (χ3v) is 3.83. The summed E-state index contributed by atoms with van der Waals surface area (Å²) in [5, 5.41) is 11.2. The number of hydrogen-bond donors (Lipinski definition) is 2. The van der Waals surface area contributed by atoms with Gasteiger partial charge in [0, 0.05) is 18.3 Å². The number of nitrogens with zero attached hydrogens (tertiary/aromatic N) is 1. The lowest BCUT2D eigenvalue weighted by atomic mass is 10.1. The average molecular weight is 354 g/mol. The molecule has 132 valence electrons. The molecule has 1 heterocycles. The van der Waals surface area contributed by atoms with Crippen molar-refractivity contribution in [2.24, 2.45) is 0 Å². The van der Waals surface area contributed by atoms with Gasteiger partial charge in [0.05, 0.1) is 11.1 Å². The first kappa shape index (κ1) is 17.2. The zero-order valence-corrected chi connectivity index (χ0v) is 13.7. The Morgan fingerprint density at radius 3 is 2.35 bits per heavy atom. The highest BCUT2D eigenvalue weighted by Crippen LogP contribution is 2.23. The molecule has 1 aliphatic rings. The number of aliphatic carboxylic acids is 1. The van der Waals surface area contributed by atoms with Gasteiger partial charge in [0.1, 0.15) is 5.75 Å². The normalized spacial score (nSPS) is 12.7. The van der Waals surface area contributed by atoms with Crippen LogP contribution in [0, 0.1) is 0 Å². The summed E-state index contributed by atoms with van der Waals surface area (Å²) in [6.45, 7) is -0.456. The lowest BCUT2D eigenvalue weighted by molar-refractivity contribution is -0.139. The molecule has 0 fully saturated rings. The molecule has 8 nitrogen and oxygen atoms in total. The van der Waals surface area contributed by atoms with E-state index in [9.17, 15) is 19.2 Å². The second-order valence-corrected chi connectivity index (χ2v) is 5.59. The smallest absolute Gasteiger partial charge is 0.341 e. The summed E-state index contributed by atoms with van der Waals surface area (Å²) >= 11 is 0. The van der Waals surface area contributed by atoms with E-state index in [0.29, 0.717) is 11.4 Å². The fourth-order valence-electron chi connectivity index (χ4n) is 2.49. The van der Waals surface area contributed by atoms with Crippen LogP contribution in [-0.4, -0.2) is 47.4 Å². The number of fused-ring (bicyclic) bond motifs is 1. The van der Waals surface area contributed by atoms with Crippen LogP contribution >= 0.6 is 0 Å². The highest BCUT2D eigenvalue weighted by Gasteiger charge is 2.33. The van der Waals surface area contributed by atoms with Crippen molar-refractivity contribution in [2.75, 3.05) is 19.0 Å². The van der Waals surface area contributed by atoms with Crippen LogP contribution in [0.1, 0.15) is 31.1 Å². The van der Waals surface area contributed by atoms with Crippen LogP contribution in [0.25, 0.3) is 0 Å². The second kappa shape index (κ2) is 6.67. The average Bonchev–Trinajstić information content (AvgIpc) is 2.85. The fraction of sp³-hybridized carbons (Fsp3) is 0.111. The van der Waals surface area contributed by atoms with Crippen molar-refractivity contribution in [1.82, 2.24) is 4.90 Å². The number of imide groups is 1. The summed E-state index contributed by atoms with van der Waals surface area (Å²) in [4.78, 5) is 47.7. The molecular weight excluding hydrogens is 340 g/mol. The van der Waals surface area contributed by atoms with Crippen molar-refractivity contribution in [3.8, 4) is 5.75 Å². The van der Waals surface area contributed by atoms with Gasteiger partial charge in [0.15, 0.2) is 6.61 Å². The van der Waals surface area contributed by atoms with Gasteiger partial charge < -0.3 is 15.2 Å². The van der Waals surface area contributed by atoms with E-state index in [1.165, 1.54) is 37.4 Å². The fourth-order valence-corrected chi connectivity index (χ4v) is 2.49. The van der Waals surface area contributed by atoms with Crippen LogP contribution in [0.5, 0.6) is 5.75 Å². The van der Waals surface area contributed by atoms with E-state index >= 15 is 0 Å². The number of anilines is 1. The van der Waals surface area contributed by atoms with Gasteiger partial charge in [0.2, 0.25) is 0 Å². The number of rotatable bonds is 5. The van der Waals surface area contributed by atoms with Crippen molar-refractivity contribution in [3.63, 3.8) is 0 Å². The summed E-state index contributed by atoms with van der Waals surface area (Å²) in [5.74, 6) is -2.01. The molecule has 0 saturated heterocycles. The lowest BCUT2D eigenvalue weighted by Gasteiger charge is -2.08. The Labute approximate surface area is 148 Å². The highest BCUT2D eigenvalue weighted by molar-refractivity contribution is 6.22. The minimum Gasteiger partial charge on any atom is -0.482 e. The van der Waals surface area contributed by atoms with Gasteiger partial charge in [-0.05, 0) is 42.5 Å². The number of benzene rings is 2. The van der Waals surface area contributed by atoms with Crippen LogP contribution in [0.2, 0.25) is 0 Å². The standard InChI is InChI=1S/C18H14N2O6/c1-20-17(24)13-7-2-10(8-14(13)18(20)25)16(23)19-11-3-5-12(6-4-11)26-9-15(21)22/h2-8H,9H2,1H3,(H,19,23)(H,21,22). The number of carbonyl (C=O) groups excluding carboxylic acids is 3. The molecule has 0 aliphatic carbocycles. The zero-order chi connectivity index (χ0) is 18.8. The van der Waals surface area contributed by atoms with E-state index in [1.54, 1.807) is 12.1 Å². The van der Waals surface area contributed by atoms with Crippen molar-refractivity contribution in [3.05, 3.63) is 59.2 Å². The predicted molar refractivity (Wildman–Crippen MR) is 90.4 cm³/mol. The Hall–Kier alpha value is -3.68. The summed E-state index contributed by atoms with van der Waals surface area (Å²) in [5.41, 5.74) is 1.18. The molecule has 0 atom stereocenters. The maximum atomic E-state index is 12.4. The maximum Gasteiger partial charge on any atom is 0.341 e. The van der Waals surface area contributed by atoms with Crippen LogP contribution < -0.4 is 10.1 Å². The molecule has 3 amide bonds. The van der Waals surface area contributed by atoms with Gasteiger partial charge in [-0.1, -0.05) is 0 Å². The van der Waals surface area contributed by atoms with Gasteiger partial charge in [-0.2, -0.15) is 0 Å². The van der Waals surface area contributed by atoms with Crippen molar-refractivity contribution in [2.45, 2.75) is 0 Å². The molecule has 0 spiro atoms. The molecule has 8 heteroatoms. The molecule has 0 saturated carbocycles.